The molecule has 1 aliphatic rings. The number of carbonyl (C=O) groups excluding carboxylic acids is 2. The smallest absolute Gasteiger partial charge is 0.337 e. The van der Waals surface area contributed by atoms with Gasteiger partial charge in [-0.25, -0.2) is 4.79 Å². The number of aliphatic hydroxyl groups is 1. The highest BCUT2D eigenvalue weighted by molar-refractivity contribution is 14.1. The minimum absolute atomic E-state index is 0.0657. The Kier molecular flexibility index (Phi) is 6.12. The van der Waals surface area contributed by atoms with Gasteiger partial charge in [-0.3, -0.25) is 4.79 Å². The number of nitrogens with one attached hydrogen (secondary N) is 1. The quantitative estimate of drug-likeness (QED) is 0.509. The van der Waals surface area contributed by atoms with E-state index < -0.39 is 11.9 Å². The predicted octanol–water partition coefficient (Wildman–Crippen LogP) is 2.27. The van der Waals surface area contributed by atoms with Gasteiger partial charge >= 0.3 is 5.97 Å². The maximum Gasteiger partial charge on any atom is 0.337 e. The van der Waals surface area contributed by atoms with Crippen LogP contribution in [0.1, 0.15) is 0 Å². The summed E-state index contributed by atoms with van der Waals surface area (Å²) in [6.07, 6.45) is 0. The number of anilines is 1. The summed E-state index contributed by atoms with van der Waals surface area (Å²) in [4.78, 5) is 25.7. The van der Waals surface area contributed by atoms with E-state index in [1.807, 2.05) is 22.6 Å². The summed E-state index contributed by atoms with van der Waals surface area (Å²) >= 11 is 14.1. The molecule has 1 aliphatic heterocycles. The third kappa shape index (κ3) is 3.90. The number of benzene rings is 1. The first-order valence-electron chi connectivity index (χ1n) is 6.52. The van der Waals surface area contributed by atoms with Crippen LogP contribution in [0.2, 0.25) is 10.0 Å². The van der Waals surface area contributed by atoms with Crippen molar-refractivity contribution in [1.29, 1.82) is 0 Å². The number of methoxy groups -OCH3 is 1. The van der Waals surface area contributed by atoms with Gasteiger partial charge in [0.2, 0.25) is 0 Å². The first-order chi connectivity index (χ1) is 10.9. The lowest BCUT2D eigenvalue weighted by molar-refractivity contribution is -0.136. The SMILES string of the molecule is COC(=O)C1=C(Nc2c(Cl)cc(Cl)cc2I)C(=O)N(CCO)C1. The highest BCUT2D eigenvalue weighted by Crippen LogP contribution is 2.33. The average Bonchev–Trinajstić information content (AvgIpc) is 2.79. The Bertz CT molecular complexity index is 670. The maximum atomic E-state index is 12.4. The lowest BCUT2D eigenvalue weighted by atomic mass is 10.2. The number of hydrogen-bond acceptors (Lipinski definition) is 5. The molecule has 0 fully saturated rings. The second-order valence-electron chi connectivity index (χ2n) is 4.66. The van der Waals surface area contributed by atoms with E-state index in [2.05, 4.69) is 5.32 Å². The normalized spacial score (nSPS) is 14.5. The zero-order valence-electron chi connectivity index (χ0n) is 12.0. The first kappa shape index (κ1) is 18.3. The van der Waals surface area contributed by atoms with Gasteiger partial charge in [0.15, 0.2) is 0 Å². The molecule has 1 aromatic rings. The first-order valence-corrected chi connectivity index (χ1v) is 8.35. The minimum Gasteiger partial charge on any atom is -0.466 e. The fraction of sp³-hybridized carbons (Fsp3) is 0.286. The van der Waals surface area contributed by atoms with Crippen LogP contribution in [0.15, 0.2) is 23.4 Å². The molecule has 1 aromatic carbocycles. The Morgan fingerprint density at radius 1 is 1.48 bits per heavy atom. The molecule has 0 saturated carbocycles. The molecule has 2 N–H and O–H groups in total. The summed E-state index contributed by atoms with van der Waals surface area (Å²) in [6.45, 7) is -0.0150. The van der Waals surface area contributed by atoms with E-state index in [1.165, 1.54) is 18.1 Å². The van der Waals surface area contributed by atoms with Crippen LogP contribution in [0.3, 0.4) is 0 Å². The number of nitrogens with zero attached hydrogens (tertiary/aromatic N) is 1. The highest BCUT2D eigenvalue weighted by Gasteiger charge is 2.35. The maximum absolute atomic E-state index is 12.4. The third-order valence-corrected chi connectivity index (χ3v) is 4.58. The van der Waals surface area contributed by atoms with Crippen LogP contribution in [0.25, 0.3) is 0 Å². The predicted molar refractivity (Wildman–Crippen MR) is 95.5 cm³/mol. The van der Waals surface area contributed by atoms with E-state index >= 15 is 0 Å². The molecule has 0 spiro atoms. The molecule has 6 nitrogen and oxygen atoms in total. The minimum atomic E-state index is -0.610. The Labute approximate surface area is 156 Å². The Balaban J connectivity index is 2.41. The van der Waals surface area contributed by atoms with Crippen molar-refractivity contribution in [1.82, 2.24) is 4.90 Å². The van der Waals surface area contributed by atoms with Crippen LogP contribution in [0.4, 0.5) is 5.69 Å². The molecular weight excluding hydrogens is 458 g/mol. The molecule has 2 rings (SSSR count). The van der Waals surface area contributed by atoms with Crippen molar-refractivity contribution in [3.63, 3.8) is 0 Å². The summed E-state index contributed by atoms with van der Waals surface area (Å²) in [5.41, 5.74) is 0.757. The van der Waals surface area contributed by atoms with Crippen molar-refractivity contribution in [2.75, 3.05) is 32.1 Å². The molecule has 1 heterocycles. The molecule has 0 unspecified atom stereocenters. The van der Waals surface area contributed by atoms with Gasteiger partial charge in [-0.2, -0.15) is 0 Å². The van der Waals surface area contributed by atoms with Crippen LogP contribution >= 0.6 is 45.8 Å². The van der Waals surface area contributed by atoms with Crippen molar-refractivity contribution in [3.05, 3.63) is 37.0 Å². The van der Waals surface area contributed by atoms with Gasteiger partial charge in [0.1, 0.15) is 5.70 Å². The van der Waals surface area contributed by atoms with E-state index in [0.717, 1.165) is 0 Å². The Morgan fingerprint density at radius 2 is 2.17 bits per heavy atom. The number of rotatable bonds is 5. The zero-order chi connectivity index (χ0) is 17.1. The number of aliphatic hydroxyl groups excluding tert-OH is 1. The van der Waals surface area contributed by atoms with E-state index in [1.54, 1.807) is 6.07 Å². The van der Waals surface area contributed by atoms with E-state index in [4.69, 9.17) is 33.0 Å². The molecular formula is C14H13Cl2IN2O4. The van der Waals surface area contributed by atoms with Crippen molar-refractivity contribution in [2.24, 2.45) is 0 Å². The molecule has 0 radical (unpaired) electrons. The second-order valence-corrected chi connectivity index (χ2v) is 6.67. The number of β-amino-alcohol motifs (C(OH)–C–C–N with tert-alkyl or cyclic N) is 1. The lowest BCUT2D eigenvalue weighted by Crippen LogP contribution is -2.31. The van der Waals surface area contributed by atoms with Gasteiger partial charge in [0.05, 0.1) is 36.5 Å². The summed E-state index contributed by atoms with van der Waals surface area (Å²) in [6, 6.07) is 3.22. The Morgan fingerprint density at radius 3 is 2.74 bits per heavy atom. The number of halogens is 3. The second kappa shape index (κ2) is 7.69. The number of esters is 1. The molecule has 124 valence electrons. The fourth-order valence-electron chi connectivity index (χ4n) is 2.14. The van der Waals surface area contributed by atoms with Crippen molar-refractivity contribution in [3.8, 4) is 0 Å². The van der Waals surface area contributed by atoms with Gasteiger partial charge < -0.3 is 20.1 Å². The van der Waals surface area contributed by atoms with Crippen molar-refractivity contribution < 1.29 is 19.4 Å². The number of carbonyl (C=O) groups is 2. The highest BCUT2D eigenvalue weighted by atomic mass is 127. The van der Waals surface area contributed by atoms with Gasteiger partial charge in [-0.15, -0.1) is 0 Å². The molecule has 0 aromatic heterocycles. The van der Waals surface area contributed by atoms with Crippen molar-refractivity contribution >= 4 is 63.4 Å². The molecule has 0 aliphatic carbocycles. The summed E-state index contributed by atoms with van der Waals surface area (Å²) in [5.74, 6) is -1.01. The third-order valence-electron chi connectivity index (χ3n) is 3.21. The van der Waals surface area contributed by atoms with Crippen LogP contribution in [-0.4, -0.2) is 48.7 Å². The molecule has 0 atom stereocenters. The van der Waals surface area contributed by atoms with Crippen LogP contribution in [-0.2, 0) is 14.3 Å². The molecule has 0 saturated heterocycles. The van der Waals surface area contributed by atoms with Crippen molar-refractivity contribution in [2.45, 2.75) is 0 Å². The molecule has 23 heavy (non-hydrogen) atoms. The van der Waals surface area contributed by atoms with Gasteiger partial charge in [-0.1, -0.05) is 23.2 Å². The monoisotopic (exact) mass is 470 g/mol. The Hall–Kier alpha value is -1.03. The fourth-order valence-corrected chi connectivity index (χ4v) is 3.78. The van der Waals surface area contributed by atoms with E-state index in [0.29, 0.717) is 19.3 Å². The van der Waals surface area contributed by atoms with Crippen LogP contribution in [0.5, 0.6) is 0 Å². The molecule has 9 heteroatoms. The number of ether oxygens (including phenoxy) is 1. The van der Waals surface area contributed by atoms with Gasteiger partial charge in [-0.05, 0) is 34.7 Å². The lowest BCUT2D eigenvalue weighted by Gasteiger charge is -2.16. The van der Waals surface area contributed by atoms with Gasteiger partial charge in [0.25, 0.3) is 5.91 Å². The summed E-state index contributed by atoms with van der Waals surface area (Å²) in [7, 11) is 1.24. The number of amides is 1. The van der Waals surface area contributed by atoms with E-state index in [-0.39, 0.29) is 31.0 Å². The molecule has 1 amide bonds. The van der Waals surface area contributed by atoms with Crippen LogP contribution < -0.4 is 5.32 Å². The summed E-state index contributed by atoms with van der Waals surface area (Å²) in [5, 5.41) is 12.7. The summed E-state index contributed by atoms with van der Waals surface area (Å²) < 4.78 is 5.42. The average molecular weight is 471 g/mol. The van der Waals surface area contributed by atoms with E-state index in [9.17, 15) is 9.59 Å². The number of hydrogen-bond donors (Lipinski definition) is 2. The zero-order valence-corrected chi connectivity index (χ0v) is 15.7. The molecule has 0 bridgehead atoms. The standard InChI is InChI=1S/C14H13Cl2IN2O4/c1-23-14(22)8-6-19(2-3-20)13(21)11(8)18-12-9(16)4-7(15)5-10(12)17/h4-5,18,20H,2-3,6H2,1H3. The largest absolute Gasteiger partial charge is 0.466 e. The van der Waals surface area contributed by atoms with Crippen LogP contribution in [0, 0.1) is 3.57 Å². The van der Waals surface area contributed by atoms with Gasteiger partial charge in [0, 0.05) is 15.1 Å². The topological polar surface area (TPSA) is 78.9 Å².